The number of carbonyl (C=O) groups excluding carboxylic acids is 1. The number of benzene rings is 1. The van der Waals surface area contributed by atoms with E-state index >= 15 is 0 Å². The van der Waals surface area contributed by atoms with Crippen LogP contribution in [-0.2, 0) is 11.7 Å². The Hall–Kier alpha value is -4.31. The summed E-state index contributed by atoms with van der Waals surface area (Å²) in [7, 11) is 0. The minimum absolute atomic E-state index is 0.152. The number of aromatic amines is 1. The van der Waals surface area contributed by atoms with E-state index in [0.717, 1.165) is 34.4 Å². The number of aromatic nitrogens is 5. The molecular formula is C27H24F4N8O. The van der Waals surface area contributed by atoms with E-state index in [1.165, 1.54) is 11.2 Å². The Bertz CT molecular complexity index is 1610. The number of amides is 1. The first kappa shape index (κ1) is 25.9. The maximum Gasteiger partial charge on any atom is 0.419 e. The van der Waals surface area contributed by atoms with Crippen LogP contribution < -0.4 is 0 Å². The van der Waals surface area contributed by atoms with Gasteiger partial charge < -0.3 is 9.88 Å². The molecule has 0 radical (unpaired) electrons. The van der Waals surface area contributed by atoms with Crippen LogP contribution in [0, 0.1) is 17.1 Å². The molecule has 1 saturated carbocycles. The molecule has 1 amide bonds. The van der Waals surface area contributed by atoms with Gasteiger partial charge in [-0.1, -0.05) is 6.07 Å². The summed E-state index contributed by atoms with van der Waals surface area (Å²) < 4.78 is 55.6. The van der Waals surface area contributed by atoms with E-state index in [9.17, 15) is 27.6 Å². The van der Waals surface area contributed by atoms with Crippen LogP contribution in [0.4, 0.5) is 17.6 Å². The number of rotatable bonds is 5. The van der Waals surface area contributed by atoms with Crippen LogP contribution >= 0.6 is 0 Å². The molecule has 4 heterocycles. The SMILES string of the molecule is N#CC[C@]1(n2cc(-c3ncnc4[nH]ccc34)cn2)C[C@@H](N2CCN(C(=O)c3cccc(C(F)(F)F)c3F)CC2)C1. The van der Waals surface area contributed by atoms with Gasteiger partial charge in [-0.25, -0.2) is 14.4 Å². The molecule has 206 valence electrons. The number of halogens is 4. The summed E-state index contributed by atoms with van der Waals surface area (Å²) >= 11 is 0. The minimum Gasteiger partial charge on any atom is -0.346 e. The fraction of sp³-hybridized carbons (Fsp3) is 0.370. The number of nitrogens with one attached hydrogen (secondary N) is 1. The Balaban J connectivity index is 1.12. The third kappa shape index (κ3) is 4.38. The van der Waals surface area contributed by atoms with Crippen molar-refractivity contribution in [1.82, 2.24) is 34.5 Å². The number of alkyl halides is 3. The molecule has 0 atom stereocenters. The molecule has 1 saturated heterocycles. The molecule has 13 heteroatoms. The van der Waals surface area contributed by atoms with Gasteiger partial charge in [-0.2, -0.15) is 23.5 Å². The molecule has 0 unspecified atom stereocenters. The van der Waals surface area contributed by atoms with E-state index in [4.69, 9.17) is 0 Å². The van der Waals surface area contributed by atoms with E-state index in [0.29, 0.717) is 32.0 Å². The molecule has 40 heavy (non-hydrogen) atoms. The molecule has 1 N–H and O–H groups in total. The van der Waals surface area contributed by atoms with Crippen LogP contribution in [0.3, 0.4) is 0 Å². The Labute approximate surface area is 226 Å². The van der Waals surface area contributed by atoms with Gasteiger partial charge in [0.05, 0.1) is 41.0 Å². The minimum atomic E-state index is -4.88. The van der Waals surface area contributed by atoms with E-state index < -0.39 is 34.6 Å². The lowest BCUT2D eigenvalue weighted by Crippen LogP contribution is -2.60. The van der Waals surface area contributed by atoms with Gasteiger partial charge in [0.25, 0.3) is 5.91 Å². The average molecular weight is 553 g/mol. The van der Waals surface area contributed by atoms with E-state index in [-0.39, 0.29) is 25.6 Å². The van der Waals surface area contributed by atoms with Crippen LogP contribution in [0.1, 0.15) is 35.2 Å². The van der Waals surface area contributed by atoms with Gasteiger partial charge >= 0.3 is 6.18 Å². The van der Waals surface area contributed by atoms with E-state index in [1.54, 1.807) is 12.4 Å². The second kappa shape index (κ2) is 9.71. The second-order valence-corrected chi connectivity index (χ2v) is 10.3. The first-order valence-electron chi connectivity index (χ1n) is 12.8. The number of nitriles is 1. The molecule has 2 fully saturated rings. The van der Waals surface area contributed by atoms with Gasteiger partial charge in [-0.3, -0.25) is 14.4 Å². The standard InChI is InChI=1S/C27H24F4N8O/c28-22-19(2-1-3-21(22)27(29,30)31)25(40)38-10-8-37(9-11-38)18-12-26(13-18,5-6-32)39-15-17(14-36-39)23-20-4-7-33-24(20)35-16-34-23/h1-4,7,14-16,18H,5,8-13H2,(H,33,34,35)/t18-,26+. The molecule has 2 aliphatic rings. The molecule has 0 spiro atoms. The van der Waals surface area contributed by atoms with Gasteiger partial charge in [0.15, 0.2) is 0 Å². The number of nitrogens with zero attached hydrogens (tertiary/aromatic N) is 7. The molecular weight excluding hydrogens is 528 g/mol. The molecule has 9 nitrogen and oxygen atoms in total. The second-order valence-electron chi connectivity index (χ2n) is 10.3. The normalized spacial score (nSPS) is 21.8. The lowest BCUT2D eigenvalue weighted by molar-refractivity contribution is -0.140. The van der Waals surface area contributed by atoms with Crippen molar-refractivity contribution in [2.75, 3.05) is 26.2 Å². The highest BCUT2D eigenvalue weighted by Gasteiger charge is 2.49. The van der Waals surface area contributed by atoms with Crippen molar-refractivity contribution < 1.29 is 22.4 Å². The monoisotopic (exact) mass is 552 g/mol. The summed E-state index contributed by atoms with van der Waals surface area (Å²) in [6, 6.07) is 7.10. The maximum absolute atomic E-state index is 14.5. The number of hydrogen-bond donors (Lipinski definition) is 1. The van der Waals surface area contributed by atoms with Crippen molar-refractivity contribution in [2.24, 2.45) is 0 Å². The Kier molecular flexibility index (Phi) is 6.29. The van der Waals surface area contributed by atoms with Gasteiger partial charge in [-0.05, 0) is 31.0 Å². The van der Waals surface area contributed by atoms with Gasteiger partial charge in [0.2, 0.25) is 0 Å². The van der Waals surface area contributed by atoms with E-state index in [2.05, 4.69) is 31.0 Å². The van der Waals surface area contributed by atoms with Crippen LogP contribution in [0.2, 0.25) is 0 Å². The zero-order valence-corrected chi connectivity index (χ0v) is 21.2. The lowest BCUT2D eigenvalue weighted by Gasteiger charge is -2.52. The summed E-state index contributed by atoms with van der Waals surface area (Å²) in [4.78, 5) is 28.2. The fourth-order valence-electron chi connectivity index (χ4n) is 5.82. The number of H-pyrrole nitrogens is 1. The van der Waals surface area contributed by atoms with Crippen LogP contribution in [0.5, 0.6) is 0 Å². The van der Waals surface area contributed by atoms with Crippen LogP contribution in [0.25, 0.3) is 22.3 Å². The third-order valence-corrected chi connectivity index (χ3v) is 7.99. The maximum atomic E-state index is 14.5. The summed E-state index contributed by atoms with van der Waals surface area (Å²) in [6.45, 7) is 1.53. The molecule has 3 aromatic heterocycles. The zero-order valence-electron chi connectivity index (χ0n) is 21.2. The first-order valence-corrected chi connectivity index (χ1v) is 12.8. The fourth-order valence-corrected chi connectivity index (χ4v) is 5.82. The highest BCUT2D eigenvalue weighted by Crippen LogP contribution is 2.45. The Morgan fingerprint density at radius 3 is 2.65 bits per heavy atom. The van der Waals surface area contributed by atoms with Crippen molar-refractivity contribution in [2.45, 2.75) is 37.0 Å². The van der Waals surface area contributed by atoms with E-state index in [1.807, 2.05) is 16.9 Å². The summed E-state index contributed by atoms with van der Waals surface area (Å²) in [5, 5.41) is 15.0. The number of piperazine rings is 1. The number of hydrogen-bond acceptors (Lipinski definition) is 6. The topological polar surface area (TPSA) is 107 Å². The smallest absolute Gasteiger partial charge is 0.346 e. The van der Waals surface area contributed by atoms with Crippen LogP contribution in [0.15, 0.2) is 49.2 Å². The Morgan fingerprint density at radius 2 is 1.93 bits per heavy atom. The number of fused-ring (bicyclic) bond motifs is 1. The van der Waals surface area contributed by atoms with Crippen molar-refractivity contribution in [1.29, 1.82) is 5.26 Å². The van der Waals surface area contributed by atoms with Gasteiger partial charge in [0, 0.05) is 55.6 Å². The summed E-state index contributed by atoms with van der Waals surface area (Å²) in [5.41, 5.74) is -0.202. The third-order valence-electron chi connectivity index (χ3n) is 7.99. The predicted molar refractivity (Wildman–Crippen MR) is 135 cm³/mol. The molecule has 0 bridgehead atoms. The molecule has 4 aromatic rings. The summed E-state index contributed by atoms with van der Waals surface area (Å²) in [6.07, 6.45) is 3.69. The molecule has 1 aromatic carbocycles. The lowest BCUT2D eigenvalue weighted by atomic mass is 9.70. The number of carbonyl (C=O) groups is 1. The quantitative estimate of drug-likeness (QED) is 0.372. The van der Waals surface area contributed by atoms with Gasteiger partial charge in [-0.15, -0.1) is 0 Å². The zero-order chi connectivity index (χ0) is 28.1. The van der Waals surface area contributed by atoms with Crippen molar-refractivity contribution in [3.05, 3.63) is 66.1 Å². The summed E-state index contributed by atoms with van der Waals surface area (Å²) in [5.74, 6) is -2.29. The van der Waals surface area contributed by atoms with Crippen LogP contribution in [-0.4, -0.2) is 72.7 Å². The van der Waals surface area contributed by atoms with Crippen molar-refractivity contribution in [3.8, 4) is 17.3 Å². The first-order chi connectivity index (χ1) is 19.2. The average Bonchev–Trinajstić information content (AvgIpc) is 3.60. The highest BCUT2D eigenvalue weighted by molar-refractivity contribution is 5.95. The molecule has 1 aliphatic heterocycles. The Morgan fingerprint density at radius 1 is 1.15 bits per heavy atom. The predicted octanol–water partition coefficient (Wildman–Crippen LogP) is 4.21. The largest absolute Gasteiger partial charge is 0.419 e. The molecule has 1 aliphatic carbocycles. The van der Waals surface area contributed by atoms with Crippen molar-refractivity contribution in [3.63, 3.8) is 0 Å². The van der Waals surface area contributed by atoms with Crippen molar-refractivity contribution >= 4 is 16.9 Å². The van der Waals surface area contributed by atoms with Gasteiger partial charge in [0.1, 0.15) is 17.8 Å². The highest BCUT2D eigenvalue weighted by atomic mass is 19.4. The molecule has 6 rings (SSSR count).